The van der Waals surface area contributed by atoms with Crippen molar-refractivity contribution < 1.29 is 14.6 Å². The Morgan fingerprint density at radius 1 is 1.46 bits per heavy atom. The van der Waals surface area contributed by atoms with Crippen LogP contribution in [0.1, 0.15) is 16.3 Å². The van der Waals surface area contributed by atoms with Gasteiger partial charge in [0, 0.05) is 25.1 Å². The van der Waals surface area contributed by atoms with Crippen molar-refractivity contribution in [2.45, 2.75) is 26.5 Å². The zero-order valence-electron chi connectivity index (χ0n) is 15.6. The number of hydrogen-bond donors (Lipinski definition) is 2. The third kappa shape index (κ3) is 5.46. The van der Waals surface area contributed by atoms with Crippen molar-refractivity contribution in [2.24, 2.45) is 0 Å². The molecule has 0 saturated heterocycles. The molecule has 0 amide bonds. The standard InChI is InChI=1S/C18H27N3O4S/c1-5-7-25-11-14(22)9-21(6-8-24-4)10-15-19-17(23)16-12(2)13(3)26-18(16)20-15/h5,14,22H,1,6-11H2,2-4H3,(H,19,20,23)/t14-/m1/s1. The fourth-order valence-electron chi connectivity index (χ4n) is 2.68. The number of thiophene rings is 1. The SMILES string of the molecule is C=CCOC[C@H](O)CN(CCOC)Cc1nc2sc(C)c(C)c2c(=O)[nH]1. The maximum absolute atomic E-state index is 12.4. The average Bonchev–Trinajstić information content (AvgIpc) is 2.87. The lowest BCUT2D eigenvalue weighted by Crippen LogP contribution is -2.37. The molecule has 1 atom stereocenters. The number of methoxy groups -OCH3 is 1. The molecule has 2 rings (SSSR count). The molecule has 2 N–H and O–H groups in total. The number of rotatable bonds is 11. The van der Waals surface area contributed by atoms with Gasteiger partial charge in [0.05, 0.1) is 37.9 Å². The number of aliphatic hydroxyl groups excluding tert-OH is 1. The summed E-state index contributed by atoms with van der Waals surface area (Å²) >= 11 is 1.53. The smallest absolute Gasteiger partial charge is 0.259 e. The summed E-state index contributed by atoms with van der Waals surface area (Å²) in [4.78, 5) is 23.7. The van der Waals surface area contributed by atoms with Gasteiger partial charge in [0.2, 0.25) is 0 Å². The van der Waals surface area contributed by atoms with Crippen LogP contribution in [-0.4, -0.2) is 66.1 Å². The fourth-order valence-corrected chi connectivity index (χ4v) is 3.73. The van der Waals surface area contributed by atoms with E-state index in [4.69, 9.17) is 9.47 Å². The summed E-state index contributed by atoms with van der Waals surface area (Å²) in [5.41, 5.74) is 0.865. The third-order valence-corrected chi connectivity index (χ3v) is 5.19. The van der Waals surface area contributed by atoms with Gasteiger partial charge in [-0.1, -0.05) is 6.08 Å². The molecule has 0 spiro atoms. The quantitative estimate of drug-likeness (QED) is 0.454. The molecular formula is C18H27N3O4S. The molecule has 7 nitrogen and oxygen atoms in total. The van der Waals surface area contributed by atoms with E-state index in [-0.39, 0.29) is 12.2 Å². The van der Waals surface area contributed by atoms with Crippen molar-refractivity contribution in [1.82, 2.24) is 14.9 Å². The second kappa shape index (κ2) is 9.94. The van der Waals surface area contributed by atoms with Crippen LogP contribution >= 0.6 is 11.3 Å². The molecule has 0 aliphatic heterocycles. The van der Waals surface area contributed by atoms with Crippen molar-refractivity contribution in [3.05, 3.63) is 39.3 Å². The average molecular weight is 381 g/mol. The third-order valence-electron chi connectivity index (χ3n) is 4.09. The van der Waals surface area contributed by atoms with E-state index in [1.165, 1.54) is 11.3 Å². The molecule has 0 bridgehead atoms. The van der Waals surface area contributed by atoms with E-state index in [2.05, 4.69) is 16.5 Å². The van der Waals surface area contributed by atoms with E-state index in [0.29, 0.717) is 44.1 Å². The summed E-state index contributed by atoms with van der Waals surface area (Å²) in [7, 11) is 1.63. The number of aliphatic hydroxyl groups is 1. The van der Waals surface area contributed by atoms with Crippen LogP contribution in [-0.2, 0) is 16.0 Å². The minimum absolute atomic E-state index is 0.117. The molecule has 0 unspecified atom stereocenters. The van der Waals surface area contributed by atoms with Gasteiger partial charge in [-0.05, 0) is 19.4 Å². The van der Waals surface area contributed by atoms with E-state index in [1.54, 1.807) is 13.2 Å². The van der Waals surface area contributed by atoms with Crippen LogP contribution < -0.4 is 5.56 Å². The lowest BCUT2D eigenvalue weighted by atomic mass is 10.2. The topological polar surface area (TPSA) is 87.7 Å². The lowest BCUT2D eigenvalue weighted by Gasteiger charge is -2.24. The number of nitrogens with one attached hydrogen (secondary N) is 1. The maximum atomic E-state index is 12.4. The van der Waals surface area contributed by atoms with E-state index in [1.807, 2.05) is 18.7 Å². The molecule has 0 fully saturated rings. The summed E-state index contributed by atoms with van der Waals surface area (Å²) in [6.45, 7) is 10.1. The maximum Gasteiger partial charge on any atom is 0.259 e. The lowest BCUT2D eigenvalue weighted by molar-refractivity contribution is 0.0189. The Morgan fingerprint density at radius 2 is 2.23 bits per heavy atom. The first-order valence-corrected chi connectivity index (χ1v) is 9.34. The summed E-state index contributed by atoms with van der Waals surface area (Å²) in [5, 5.41) is 10.8. The van der Waals surface area contributed by atoms with Gasteiger partial charge in [-0.15, -0.1) is 17.9 Å². The first-order valence-electron chi connectivity index (χ1n) is 8.53. The minimum Gasteiger partial charge on any atom is -0.389 e. The second-order valence-corrected chi connectivity index (χ2v) is 7.39. The van der Waals surface area contributed by atoms with Crippen LogP contribution in [0.3, 0.4) is 0 Å². The van der Waals surface area contributed by atoms with Gasteiger partial charge in [-0.25, -0.2) is 4.98 Å². The van der Waals surface area contributed by atoms with E-state index in [0.717, 1.165) is 15.3 Å². The predicted molar refractivity (Wildman–Crippen MR) is 104 cm³/mol. The summed E-state index contributed by atoms with van der Waals surface area (Å²) < 4.78 is 10.4. The molecule has 26 heavy (non-hydrogen) atoms. The molecule has 8 heteroatoms. The molecule has 2 aromatic heterocycles. The van der Waals surface area contributed by atoms with Crippen LogP contribution in [0.5, 0.6) is 0 Å². The fraction of sp³-hybridized carbons (Fsp3) is 0.556. The zero-order chi connectivity index (χ0) is 19.1. The number of H-pyrrole nitrogens is 1. The van der Waals surface area contributed by atoms with Crippen molar-refractivity contribution in [3.8, 4) is 0 Å². The Kier molecular flexibility index (Phi) is 7.92. The summed E-state index contributed by atoms with van der Waals surface area (Å²) in [6.07, 6.45) is 0.998. The van der Waals surface area contributed by atoms with Crippen LogP contribution in [0.15, 0.2) is 17.4 Å². The van der Waals surface area contributed by atoms with Gasteiger partial charge >= 0.3 is 0 Å². The Labute approximate surface area is 157 Å². The van der Waals surface area contributed by atoms with E-state index < -0.39 is 6.10 Å². The number of fused-ring (bicyclic) bond motifs is 1. The molecule has 0 aromatic carbocycles. The van der Waals surface area contributed by atoms with Crippen molar-refractivity contribution in [3.63, 3.8) is 0 Å². The van der Waals surface area contributed by atoms with Crippen molar-refractivity contribution in [2.75, 3.05) is 40.0 Å². The highest BCUT2D eigenvalue weighted by atomic mass is 32.1. The number of aromatic nitrogens is 2. The number of hydrogen-bond acceptors (Lipinski definition) is 7. The minimum atomic E-state index is -0.645. The van der Waals surface area contributed by atoms with Crippen LogP contribution in [0.4, 0.5) is 0 Å². The van der Waals surface area contributed by atoms with Crippen LogP contribution in [0, 0.1) is 13.8 Å². The van der Waals surface area contributed by atoms with E-state index in [9.17, 15) is 9.90 Å². The first-order chi connectivity index (χ1) is 12.5. The first kappa shape index (κ1) is 20.7. The van der Waals surface area contributed by atoms with Gasteiger partial charge in [0.15, 0.2) is 0 Å². The molecular weight excluding hydrogens is 354 g/mol. The summed E-state index contributed by atoms with van der Waals surface area (Å²) in [5.74, 6) is 0.582. The number of aromatic amines is 1. The number of aryl methyl sites for hydroxylation is 2. The van der Waals surface area contributed by atoms with Crippen LogP contribution in [0.25, 0.3) is 10.2 Å². The Hall–Kier alpha value is -1.58. The highest BCUT2D eigenvalue weighted by molar-refractivity contribution is 7.18. The normalized spacial score (nSPS) is 12.8. The van der Waals surface area contributed by atoms with Gasteiger partial charge in [0.1, 0.15) is 10.7 Å². The number of ether oxygens (including phenoxy) is 2. The molecule has 0 aliphatic carbocycles. The highest BCUT2D eigenvalue weighted by Crippen LogP contribution is 2.25. The summed E-state index contributed by atoms with van der Waals surface area (Å²) in [6, 6.07) is 0. The van der Waals surface area contributed by atoms with Gasteiger partial charge in [-0.2, -0.15) is 0 Å². The molecule has 2 aromatic rings. The van der Waals surface area contributed by atoms with Crippen molar-refractivity contribution in [1.29, 1.82) is 0 Å². The van der Waals surface area contributed by atoms with Gasteiger partial charge in [-0.3, -0.25) is 9.69 Å². The Bertz CT molecular complexity index is 787. The molecule has 0 aliphatic rings. The van der Waals surface area contributed by atoms with Gasteiger partial charge in [0.25, 0.3) is 5.56 Å². The van der Waals surface area contributed by atoms with Crippen molar-refractivity contribution >= 4 is 21.6 Å². The molecule has 2 heterocycles. The van der Waals surface area contributed by atoms with Gasteiger partial charge < -0.3 is 19.6 Å². The monoisotopic (exact) mass is 381 g/mol. The predicted octanol–water partition coefficient (Wildman–Crippen LogP) is 1.61. The van der Waals surface area contributed by atoms with Crippen LogP contribution in [0.2, 0.25) is 0 Å². The second-order valence-electron chi connectivity index (χ2n) is 6.18. The molecule has 144 valence electrons. The molecule has 0 saturated carbocycles. The molecule has 0 radical (unpaired) electrons. The Balaban J connectivity index is 2.12. The van der Waals surface area contributed by atoms with E-state index >= 15 is 0 Å². The largest absolute Gasteiger partial charge is 0.389 e. The highest BCUT2D eigenvalue weighted by Gasteiger charge is 2.16. The zero-order valence-corrected chi connectivity index (χ0v) is 16.4. The number of nitrogens with zero attached hydrogens (tertiary/aromatic N) is 2. The Morgan fingerprint density at radius 3 is 2.92 bits per heavy atom.